The molecule has 1 atom stereocenters. The molecule has 0 heterocycles. The van der Waals surface area contributed by atoms with Gasteiger partial charge in [-0.25, -0.2) is 0 Å². The molecule has 1 N–H and O–H groups in total. The number of carbonyl (C=O) groups is 1. The van der Waals surface area contributed by atoms with E-state index in [1.807, 2.05) is 0 Å². The second kappa shape index (κ2) is 4.24. The molecule has 1 fully saturated rings. The molecule has 6 heteroatoms. The highest BCUT2D eigenvalue weighted by molar-refractivity contribution is 5.78. The molecule has 1 aliphatic carbocycles. The normalized spacial score (nSPS) is 20.9. The maximum absolute atomic E-state index is 12.4. The van der Waals surface area contributed by atoms with Crippen molar-refractivity contribution in [2.45, 2.75) is 50.9 Å². The first-order valence-electron chi connectivity index (χ1n) is 5.27. The van der Waals surface area contributed by atoms with Gasteiger partial charge >= 0.3 is 12.1 Å². The minimum Gasteiger partial charge on any atom is -0.480 e. The van der Waals surface area contributed by atoms with Crippen molar-refractivity contribution in [2.75, 3.05) is 6.54 Å². The van der Waals surface area contributed by atoms with Crippen molar-refractivity contribution in [3.63, 3.8) is 0 Å². The van der Waals surface area contributed by atoms with Crippen molar-refractivity contribution in [2.24, 2.45) is 0 Å². The highest BCUT2D eigenvalue weighted by atomic mass is 19.4. The van der Waals surface area contributed by atoms with Crippen LogP contribution in [0.1, 0.15) is 33.1 Å². The summed E-state index contributed by atoms with van der Waals surface area (Å²) in [5, 5.41) is 9.07. The smallest absolute Gasteiger partial charge is 0.401 e. The summed E-state index contributed by atoms with van der Waals surface area (Å²) in [6, 6.07) is -0.234. The van der Waals surface area contributed by atoms with Crippen LogP contribution in [0, 0.1) is 0 Å². The van der Waals surface area contributed by atoms with Crippen molar-refractivity contribution in [3.05, 3.63) is 0 Å². The summed E-state index contributed by atoms with van der Waals surface area (Å²) in [4.78, 5) is 12.2. The first kappa shape index (κ1) is 13.3. The van der Waals surface area contributed by atoms with Crippen molar-refractivity contribution < 1.29 is 23.1 Å². The Morgan fingerprint density at radius 3 is 2.19 bits per heavy atom. The van der Waals surface area contributed by atoms with Gasteiger partial charge in [-0.15, -0.1) is 0 Å². The third kappa shape index (κ3) is 2.87. The molecule has 1 unspecified atom stereocenters. The van der Waals surface area contributed by atoms with E-state index < -0.39 is 24.2 Å². The molecule has 1 aliphatic rings. The first-order chi connectivity index (χ1) is 7.20. The van der Waals surface area contributed by atoms with E-state index in [-0.39, 0.29) is 12.5 Å². The number of carboxylic acids is 1. The lowest BCUT2D eigenvalue weighted by molar-refractivity contribution is -0.174. The van der Waals surface area contributed by atoms with Gasteiger partial charge in [0.1, 0.15) is 5.54 Å². The Balaban J connectivity index is 2.87. The minimum absolute atomic E-state index is 0.162. The number of hydrogen-bond donors (Lipinski definition) is 1. The average Bonchev–Trinajstić information content (AvgIpc) is 2.94. The van der Waals surface area contributed by atoms with Crippen LogP contribution in [0.25, 0.3) is 0 Å². The van der Waals surface area contributed by atoms with E-state index >= 15 is 0 Å². The number of carboxylic acid groups (broad SMARTS) is 1. The van der Waals surface area contributed by atoms with Crippen molar-refractivity contribution in [3.8, 4) is 0 Å². The van der Waals surface area contributed by atoms with Crippen LogP contribution < -0.4 is 0 Å². The topological polar surface area (TPSA) is 40.5 Å². The summed E-state index contributed by atoms with van der Waals surface area (Å²) in [6.45, 7) is 1.81. The summed E-state index contributed by atoms with van der Waals surface area (Å²) in [6.07, 6.45) is -2.89. The molecule has 3 nitrogen and oxygen atoms in total. The van der Waals surface area contributed by atoms with Crippen molar-refractivity contribution in [1.29, 1.82) is 0 Å². The van der Waals surface area contributed by atoms with E-state index in [1.165, 1.54) is 6.92 Å². The van der Waals surface area contributed by atoms with Gasteiger partial charge in [-0.2, -0.15) is 13.2 Å². The number of hydrogen-bond acceptors (Lipinski definition) is 2. The Labute approximate surface area is 92.2 Å². The quantitative estimate of drug-likeness (QED) is 0.800. The lowest BCUT2D eigenvalue weighted by atomic mass is 9.96. The number of rotatable bonds is 5. The van der Waals surface area contributed by atoms with Gasteiger partial charge in [-0.05, 0) is 26.2 Å². The molecule has 0 spiro atoms. The molecule has 94 valence electrons. The van der Waals surface area contributed by atoms with E-state index in [0.29, 0.717) is 12.8 Å². The largest absolute Gasteiger partial charge is 0.480 e. The van der Waals surface area contributed by atoms with Crippen LogP contribution in [0.2, 0.25) is 0 Å². The predicted octanol–water partition coefficient (Wildman–Crippen LogP) is 2.27. The second-order valence-electron chi connectivity index (χ2n) is 4.41. The van der Waals surface area contributed by atoms with Gasteiger partial charge in [0.05, 0.1) is 6.54 Å². The molecule has 0 aromatic heterocycles. The molecule has 0 bridgehead atoms. The maximum Gasteiger partial charge on any atom is 0.401 e. The van der Waals surface area contributed by atoms with Crippen LogP contribution in [0.4, 0.5) is 13.2 Å². The Morgan fingerprint density at radius 2 is 1.94 bits per heavy atom. The highest BCUT2D eigenvalue weighted by Gasteiger charge is 2.49. The fourth-order valence-corrected chi connectivity index (χ4v) is 1.76. The van der Waals surface area contributed by atoms with Gasteiger partial charge in [-0.3, -0.25) is 9.69 Å². The van der Waals surface area contributed by atoms with Crippen molar-refractivity contribution >= 4 is 5.97 Å². The van der Waals surface area contributed by atoms with Gasteiger partial charge < -0.3 is 5.11 Å². The summed E-state index contributed by atoms with van der Waals surface area (Å²) in [5.41, 5.74) is -1.42. The first-order valence-corrected chi connectivity index (χ1v) is 5.27. The number of aliphatic carboxylic acids is 1. The average molecular weight is 239 g/mol. The fourth-order valence-electron chi connectivity index (χ4n) is 1.76. The fraction of sp³-hybridized carbons (Fsp3) is 0.900. The molecule has 0 radical (unpaired) electrons. The molecular formula is C10H16F3NO2. The van der Waals surface area contributed by atoms with E-state index in [0.717, 1.165) is 4.90 Å². The zero-order chi connectivity index (χ0) is 12.6. The summed E-state index contributed by atoms with van der Waals surface area (Å²) in [5.74, 6) is -1.19. The van der Waals surface area contributed by atoms with Crippen LogP contribution in [0.5, 0.6) is 0 Å². The Bertz CT molecular complexity index is 276. The van der Waals surface area contributed by atoms with Gasteiger partial charge in [0.15, 0.2) is 0 Å². The highest BCUT2D eigenvalue weighted by Crippen LogP contribution is 2.37. The van der Waals surface area contributed by atoms with E-state index in [1.54, 1.807) is 6.92 Å². The zero-order valence-electron chi connectivity index (χ0n) is 9.34. The van der Waals surface area contributed by atoms with Gasteiger partial charge in [-0.1, -0.05) is 6.92 Å². The number of alkyl halides is 3. The summed E-state index contributed by atoms with van der Waals surface area (Å²) in [7, 11) is 0. The lowest BCUT2D eigenvalue weighted by Crippen LogP contribution is -2.56. The standard InChI is InChI=1S/C10H16F3NO2/c1-3-9(2,8(15)16)14(7-4-5-7)6-10(11,12)13/h7H,3-6H2,1-2H3,(H,15,16). The Morgan fingerprint density at radius 1 is 1.44 bits per heavy atom. The molecule has 0 aromatic carbocycles. The Kier molecular flexibility index (Phi) is 3.52. The summed E-state index contributed by atoms with van der Waals surface area (Å²) >= 11 is 0. The molecule has 0 aliphatic heterocycles. The third-order valence-corrected chi connectivity index (χ3v) is 3.12. The summed E-state index contributed by atoms with van der Waals surface area (Å²) < 4.78 is 37.2. The zero-order valence-corrected chi connectivity index (χ0v) is 9.34. The lowest BCUT2D eigenvalue weighted by Gasteiger charge is -2.37. The SMILES string of the molecule is CCC(C)(C(=O)O)N(CC(F)(F)F)C1CC1. The van der Waals surface area contributed by atoms with Crippen LogP contribution in [0.15, 0.2) is 0 Å². The van der Waals surface area contributed by atoms with Gasteiger partial charge in [0, 0.05) is 6.04 Å². The molecule has 0 saturated heterocycles. The molecular weight excluding hydrogens is 223 g/mol. The molecule has 16 heavy (non-hydrogen) atoms. The van der Waals surface area contributed by atoms with Crippen LogP contribution in [-0.2, 0) is 4.79 Å². The van der Waals surface area contributed by atoms with E-state index in [4.69, 9.17) is 5.11 Å². The number of nitrogens with zero attached hydrogens (tertiary/aromatic N) is 1. The minimum atomic E-state index is -4.35. The molecule has 1 rings (SSSR count). The number of halogens is 3. The monoisotopic (exact) mass is 239 g/mol. The molecule has 0 aromatic rings. The molecule has 1 saturated carbocycles. The Hall–Kier alpha value is -0.780. The molecule has 0 amide bonds. The van der Waals surface area contributed by atoms with Gasteiger partial charge in [0.2, 0.25) is 0 Å². The van der Waals surface area contributed by atoms with Crippen LogP contribution in [0.3, 0.4) is 0 Å². The second-order valence-corrected chi connectivity index (χ2v) is 4.41. The van der Waals surface area contributed by atoms with Gasteiger partial charge in [0.25, 0.3) is 0 Å². The van der Waals surface area contributed by atoms with Crippen molar-refractivity contribution in [1.82, 2.24) is 4.90 Å². The van der Waals surface area contributed by atoms with Crippen LogP contribution in [-0.4, -0.2) is 40.3 Å². The third-order valence-electron chi connectivity index (χ3n) is 3.12. The van der Waals surface area contributed by atoms with Crippen LogP contribution >= 0.6 is 0 Å². The maximum atomic E-state index is 12.4. The van der Waals surface area contributed by atoms with E-state index in [9.17, 15) is 18.0 Å². The predicted molar refractivity (Wildman–Crippen MR) is 52.1 cm³/mol. The van der Waals surface area contributed by atoms with E-state index in [2.05, 4.69) is 0 Å².